The van der Waals surface area contributed by atoms with Crippen molar-refractivity contribution in [3.8, 4) is 0 Å². The van der Waals surface area contributed by atoms with Crippen LogP contribution < -0.4 is 16.4 Å². The molecular weight excluding hydrogens is 430 g/mol. The average molecular weight is 462 g/mol. The van der Waals surface area contributed by atoms with Gasteiger partial charge in [0.15, 0.2) is 11.5 Å². The number of fused-ring (bicyclic) bond motifs is 1. The second-order valence-electron chi connectivity index (χ2n) is 7.52. The number of carbonyl (C=O) groups excluding carboxylic acids is 1. The molecule has 0 bridgehead atoms. The first-order chi connectivity index (χ1) is 16.5. The van der Waals surface area contributed by atoms with E-state index in [1.165, 1.54) is 0 Å². The average Bonchev–Trinajstić information content (AvgIpc) is 3.28. The van der Waals surface area contributed by atoms with E-state index in [-0.39, 0.29) is 0 Å². The molecule has 0 aliphatic heterocycles. The van der Waals surface area contributed by atoms with Crippen LogP contribution in [-0.4, -0.2) is 45.8 Å². The topological polar surface area (TPSA) is 120 Å². The van der Waals surface area contributed by atoms with Crippen molar-refractivity contribution in [2.45, 2.75) is 26.3 Å². The van der Waals surface area contributed by atoms with Crippen LogP contribution in [0.15, 0.2) is 67.0 Å². The number of nitrogens with one attached hydrogen (secondary N) is 2. The molecule has 0 saturated carbocycles. The monoisotopic (exact) mass is 461 g/mol. The molecule has 2 aromatic heterocycles. The first-order valence-corrected chi connectivity index (χ1v) is 11.2. The molecule has 9 heteroatoms. The summed E-state index contributed by atoms with van der Waals surface area (Å²) in [6.07, 6.45) is 8.52. The Morgan fingerprint density at radius 3 is 2.74 bits per heavy atom. The number of ether oxygens (including phenoxy) is 1. The van der Waals surface area contributed by atoms with Crippen LogP contribution in [0, 0.1) is 0 Å². The summed E-state index contributed by atoms with van der Waals surface area (Å²) in [5.74, 6) is 0.790. The number of hydrogen-bond donors (Lipinski definition) is 3. The van der Waals surface area contributed by atoms with Gasteiger partial charge in [-0.1, -0.05) is 49.1 Å². The van der Waals surface area contributed by atoms with Crippen molar-refractivity contribution in [3.05, 3.63) is 72.6 Å². The van der Waals surface area contributed by atoms with Crippen LogP contribution in [0.4, 0.5) is 16.6 Å². The van der Waals surface area contributed by atoms with E-state index in [0.29, 0.717) is 49.0 Å². The van der Waals surface area contributed by atoms with Gasteiger partial charge < -0.3 is 25.7 Å². The smallest absolute Gasteiger partial charge is 0.407 e. The van der Waals surface area contributed by atoms with Crippen molar-refractivity contribution < 1.29 is 9.53 Å². The molecular formula is C25H31N7O2. The number of anilines is 2. The zero-order valence-electron chi connectivity index (χ0n) is 19.6. The molecule has 0 aliphatic carbocycles. The van der Waals surface area contributed by atoms with E-state index in [4.69, 9.17) is 10.5 Å². The quantitative estimate of drug-likeness (QED) is 0.289. The van der Waals surface area contributed by atoms with E-state index >= 15 is 0 Å². The number of rotatable bonds is 11. The van der Waals surface area contributed by atoms with Crippen molar-refractivity contribution in [2.24, 2.45) is 0 Å². The summed E-state index contributed by atoms with van der Waals surface area (Å²) in [5, 5.41) is 5.69. The SMILES string of the molecule is C=C/C(=C\C(=C/C)CNC(=O)OCCCCn1cnc2c(N)nc(NC)nc21)c1ccccc1. The third-order valence-corrected chi connectivity index (χ3v) is 5.22. The molecule has 0 fully saturated rings. The molecule has 2 heterocycles. The molecule has 4 N–H and O–H groups in total. The largest absolute Gasteiger partial charge is 0.450 e. The van der Waals surface area contributed by atoms with Gasteiger partial charge in [0.05, 0.1) is 12.9 Å². The third-order valence-electron chi connectivity index (χ3n) is 5.22. The zero-order valence-corrected chi connectivity index (χ0v) is 19.6. The number of alkyl carbamates (subject to hydrolysis) is 1. The summed E-state index contributed by atoms with van der Waals surface area (Å²) in [5.41, 5.74) is 10.2. The van der Waals surface area contributed by atoms with Crippen LogP contribution in [0.5, 0.6) is 0 Å². The highest BCUT2D eigenvalue weighted by Gasteiger charge is 2.10. The number of carbonyl (C=O) groups is 1. The highest BCUT2D eigenvalue weighted by atomic mass is 16.5. The fourth-order valence-corrected chi connectivity index (χ4v) is 3.34. The molecule has 0 unspecified atom stereocenters. The van der Waals surface area contributed by atoms with E-state index in [1.807, 2.05) is 54.0 Å². The van der Waals surface area contributed by atoms with Crippen LogP contribution in [0.25, 0.3) is 16.7 Å². The van der Waals surface area contributed by atoms with Gasteiger partial charge in [0, 0.05) is 20.1 Å². The zero-order chi connectivity index (χ0) is 24.3. The minimum Gasteiger partial charge on any atom is -0.450 e. The number of nitrogens with zero attached hydrogens (tertiary/aromatic N) is 4. The van der Waals surface area contributed by atoms with E-state index in [0.717, 1.165) is 23.1 Å². The van der Waals surface area contributed by atoms with Gasteiger partial charge in [-0.05, 0) is 42.6 Å². The lowest BCUT2D eigenvalue weighted by atomic mass is 10.0. The molecule has 1 amide bonds. The summed E-state index contributed by atoms with van der Waals surface area (Å²) >= 11 is 0. The van der Waals surface area contributed by atoms with Crippen molar-refractivity contribution in [3.63, 3.8) is 0 Å². The number of hydrogen-bond acceptors (Lipinski definition) is 7. The molecule has 34 heavy (non-hydrogen) atoms. The van der Waals surface area contributed by atoms with Crippen LogP contribution in [0.3, 0.4) is 0 Å². The molecule has 0 saturated heterocycles. The first kappa shape index (κ1) is 24.5. The number of imidazole rings is 1. The fourth-order valence-electron chi connectivity index (χ4n) is 3.34. The molecule has 0 spiro atoms. The fraction of sp³-hybridized carbons (Fsp3) is 0.280. The molecule has 3 aromatic rings. The number of aryl methyl sites for hydroxylation is 1. The van der Waals surface area contributed by atoms with Gasteiger partial charge in [-0.25, -0.2) is 9.78 Å². The van der Waals surface area contributed by atoms with Crippen molar-refractivity contribution >= 4 is 34.6 Å². The van der Waals surface area contributed by atoms with Gasteiger partial charge in [-0.2, -0.15) is 9.97 Å². The van der Waals surface area contributed by atoms with Gasteiger partial charge in [-0.15, -0.1) is 0 Å². The summed E-state index contributed by atoms with van der Waals surface area (Å²) in [6.45, 7) is 7.20. The second kappa shape index (κ2) is 12.2. The molecule has 0 aliphatic rings. The Bertz CT molecular complexity index is 1180. The van der Waals surface area contributed by atoms with Gasteiger partial charge in [0.25, 0.3) is 0 Å². The van der Waals surface area contributed by atoms with Crippen LogP contribution in [-0.2, 0) is 11.3 Å². The minimum atomic E-state index is -0.445. The number of nitrogens with two attached hydrogens (primary N) is 1. The normalized spacial score (nSPS) is 11.9. The maximum absolute atomic E-state index is 12.1. The maximum Gasteiger partial charge on any atom is 0.407 e. The number of unbranched alkanes of at least 4 members (excludes halogenated alkanes) is 1. The Morgan fingerprint density at radius 2 is 2.03 bits per heavy atom. The lowest BCUT2D eigenvalue weighted by Gasteiger charge is -2.09. The molecule has 1 aromatic carbocycles. The Morgan fingerprint density at radius 1 is 1.24 bits per heavy atom. The summed E-state index contributed by atoms with van der Waals surface area (Å²) in [4.78, 5) is 25.0. The van der Waals surface area contributed by atoms with Crippen molar-refractivity contribution in [2.75, 3.05) is 31.2 Å². The summed E-state index contributed by atoms with van der Waals surface area (Å²) < 4.78 is 7.24. The predicted octanol–water partition coefficient (Wildman–Crippen LogP) is 4.17. The molecule has 3 rings (SSSR count). The Balaban J connectivity index is 1.42. The summed E-state index contributed by atoms with van der Waals surface area (Å²) in [6, 6.07) is 9.98. The van der Waals surface area contributed by atoms with E-state index in [1.54, 1.807) is 19.5 Å². The lowest BCUT2D eigenvalue weighted by molar-refractivity contribution is 0.144. The Kier molecular flexibility index (Phi) is 8.79. The first-order valence-electron chi connectivity index (χ1n) is 11.2. The van der Waals surface area contributed by atoms with E-state index in [9.17, 15) is 4.79 Å². The van der Waals surface area contributed by atoms with Gasteiger partial charge in [-0.3, -0.25) is 0 Å². The summed E-state index contributed by atoms with van der Waals surface area (Å²) in [7, 11) is 1.74. The van der Waals surface area contributed by atoms with Crippen LogP contribution in [0.2, 0.25) is 0 Å². The molecule has 178 valence electrons. The van der Waals surface area contributed by atoms with Gasteiger partial charge in [0.2, 0.25) is 5.95 Å². The highest BCUT2D eigenvalue weighted by Crippen LogP contribution is 2.19. The molecule has 9 nitrogen and oxygen atoms in total. The Hall–Kier alpha value is -4.14. The molecule has 0 atom stereocenters. The van der Waals surface area contributed by atoms with Crippen LogP contribution in [0.1, 0.15) is 25.3 Å². The standard InChI is InChI=1S/C25H31N7O2/c1-4-18(15-19(5-2)20-11-7-6-8-12-20)16-28-25(33)34-14-10-9-13-32-17-29-21-22(26)30-24(27-3)31-23(21)32/h4-8,11-12,15,17H,2,9-10,13-14,16H2,1,3H3,(H,28,33)(H3,26,27,30,31)/b18-4+,19-15+. The third kappa shape index (κ3) is 6.44. The molecule has 0 radical (unpaired) electrons. The van der Waals surface area contributed by atoms with E-state index in [2.05, 4.69) is 32.2 Å². The number of allylic oxidation sites excluding steroid dienone is 3. The Labute approximate surface area is 199 Å². The minimum absolute atomic E-state index is 0.320. The van der Waals surface area contributed by atoms with Crippen molar-refractivity contribution in [1.82, 2.24) is 24.8 Å². The number of nitrogen functional groups attached to an aromatic ring is 1. The number of aromatic nitrogens is 4. The predicted molar refractivity (Wildman–Crippen MR) is 136 cm³/mol. The second-order valence-corrected chi connectivity index (χ2v) is 7.52. The maximum atomic E-state index is 12.1. The van der Waals surface area contributed by atoms with Crippen molar-refractivity contribution in [1.29, 1.82) is 0 Å². The highest BCUT2D eigenvalue weighted by molar-refractivity contribution is 5.82. The van der Waals surface area contributed by atoms with Gasteiger partial charge >= 0.3 is 6.09 Å². The lowest BCUT2D eigenvalue weighted by Crippen LogP contribution is -2.26. The van der Waals surface area contributed by atoms with E-state index < -0.39 is 6.09 Å². The van der Waals surface area contributed by atoms with Gasteiger partial charge in [0.1, 0.15) is 5.52 Å². The number of amides is 1. The number of benzene rings is 1. The van der Waals surface area contributed by atoms with Crippen LogP contribution >= 0.6 is 0 Å².